The van der Waals surface area contributed by atoms with E-state index in [1.165, 1.54) is 17.4 Å². The summed E-state index contributed by atoms with van der Waals surface area (Å²) in [6.45, 7) is 1.83. The van der Waals surface area contributed by atoms with Gasteiger partial charge in [0.25, 0.3) is 5.56 Å². The molecular formula is C22H19N3O3S. The van der Waals surface area contributed by atoms with Crippen molar-refractivity contribution in [1.29, 1.82) is 0 Å². The molecule has 1 aromatic carbocycles. The van der Waals surface area contributed by atoms with Gasteiger partial charge in [0.15, 0.2) is 4.96 Å². The molecule has 4 aromatic rings. The van der Waals surface area contributed by atoms with E-state index in [0.29, 0.717) is 16.2 Å². The van der Waals surface area contributed by atoms with Crippen molar-refractivity contribution < 1.29 is 9.53 Å². The first-order valence-corrected chi connectivity index (χ1v) is 10.5. The topological polar surface area (TPSA) is 73.6 Å². The Labute approximate surface area is 170 Å². The van der Waals surface area contributed by atoms with E-state index >= 15 is 0 Å². The fourth-order valence-electron chi connectivity index (χ4n) is 3.99. The predicted octanol–water partition coefficient (Wildman–Crippen LogP) is 3.85. The second-order valence-electron chi connectivity index (χ2n) is 7.29. The van der Waals surface area contributed by atoms with Crippen molar-refractivity contribution in [1.82, 2.24) is 14.4 Å². The third kappa shape index (κ3) is 3.11. The van der Waals surface area contributed by atoms with E-state index < -0.39 is 0 Å². The van der Waals surface area contributed by atoms with Gasteiger partial charge in [-0.15, -0.1) is 11.3 Å². The number of ether oxygens (including phenoxy) is 1. The Bertz CT molecular complexity index is 1320. The molecule has 0 amide bonds. The first-order valence-electron chi connectivity index (χ1n) is 9.66. The number of nitrogens with zero attached hydrogens (tertiary/aromatic N) is 3. The molecular weight excluding hydrogens is 386 g/mol. The molecule has 0 unspecified atom stereocenters. The Morgan fingerprint density at radius 3 is 2.93 bits per heavy atom. The van der Waals surface area contributed by atoms with Crippen molar-refractivity contribution >= 4 is 33.2 Å². The number of thiazole rings is 1. The number of hydrogen-bond acceptors (Lipinski definition) is 6. The van der Waals surface area contributed by atoms with E-state index in [2.05, 4.69) is 4.98 Å². The molecule has 0 fully saturated rings. The smallest absolute Gasteiger partial charge is 0.339 e. The lowest BCUT2D eigenvalue weighted by atomic mass is 9.90. The lowest BCUT2D eigenvalue weighted by Crippen LogP contribution is -2.18. The van der Waals surface area contributed by atoms with E-state index in [-0.39, 0.29) is 18.1 Å². The van der Waals surface area contributed by atoms with Gasteiger partial charge in [-0.1, -0.05) is 18.2 Å². The molecule has 0 saturated carbocycles. The van der Waals surface area contributed by atoms with Crippen LogP contribution in [0, 0.1) is 6.92 Å². The molecule has 5 rings (SSSR count). The van der Waals surface area contributed by atoms with E-state index in [0.717, 1.165) is 53.5 Å². The van der Waals surface area contributed by atoms with Gasteiger partial charge in [0, 0.05) is 28.2 Å². The molecule has 3 heterocycles. The first kappa shape index (κ1) is 18.0. The molecule has 0 spiro atoms. The summed E-state index contributed by atoms with van der Waals surface area (Å²) in [6.07, 6.45) is 3.84. The second-order valence-corrected chi connectivity index (χ2v) is 8.13. The Morgan fingerprint density at radius 1 is 1.21 bits per heavy atom. The largest absolute Gasteiger partial charge is 0.456 e. The number of para-hydroxylation sites is 1. The van der Waals surface area contributed by atoms with Gasteiger partial charge in [0.1, 0.15) is 6.61 Å². The number of benzene rings is 1. The van der Waals surface area contributed by atoms with Crippen LogP contribution in [0.3, 0.4) is 0 Å². The van der Waals surface area contributed by atoms with Gasteiger partial charge in [-0.25, -0.2) is 9.78 Å². The highest BCUT2D eigenvalue weighted by atomic mass is 32.1. The van der Waals surface area contributed by atoms with Crippen LogP contribution in [-0.4, -0.2) is 20.3 Å². The van der Waals surface area contributed by atoms with Gasteiger partial charge in [0.2, 0.25) is 0 Å². The van der Waals surface area contributed by atoms with Crippen molar-refractivity contribution in [2.24, 2.45) is 0 Å². The molecule has 0 bridgehead atoms. The van der Waals surface area contributed by atoms with E-state index in [4.69, 9.17) is 9.72 Å². The fourth-order valence-corrected chi connectivity index (χ4v) is 4.88. The van der Waals surface area contributed by atoms with Crippen molar-refractivity contribution in [3.8, 4) is 0 Å². The Morgan fingerprint density at radius 2 is 2.03 bits per heavy atom. The number of rotatable bonds is 3. The summed E-state index contributed by atoms with van der Waals surface area (Å²) in [7, 11) is 0. The molecule has 0 atom stereocenters. The van der Waals surface area contributed by atoms with Crippen molar-refractivity contribution in [3.05, 3.63) is 74.3 Å². The molecule has 0 aliphatic heterocycles. The summed E-state index contributed by atoms with van der Waals surface area (Å²) in [6, 6.07) is 9.11. The summed E-state index contributed by atoms with van der Waals surface area (Å²) < 4.78 is 7.18. The van der Waals surface area contributed by atoms with Gasteiger partial charge < -0.3 is 4.74 Å². The highest BCUT2D eigenvalue weighted by molar-refractivity contribution is 7.15. The minimum Gasteiger partial charge on any atom is -0.456 e. The fraction of sp³-hybridized carbons (Fsp3) is 0.273. The quantitative estimate of drug-likeness (QED) is 0.484. The highest BCUT2D eigenvalue weighted by Gasteiger charge is 2.23. The predicted molar refractivity (Wildman–Crippen MR) is 112 cm³/mol. The van der Waals surface area contributed by atoms with Gasteiger partial charge in [0.05, 0.1) is 16.8 Å². The average Bonchev–Trinajstić information content (AvgIpc) is 3.11. The number of aryl methyl sites for hydroxylation is 2. The highest BCUT2D eigenvalue weighted by Crippen LogP contribution is 2.30. The number of esters is 1. The van der Waals surface area contributed by atoms with Gasteiger partial charge in [-0.05, 0) is 44.2 Å². The number of fused-ring (bicyclic) bond motifs is 3. The summed E-state index contributed by atoms with van der Waals surface area (Å²) in [5.41, 5.74) is 4.55. The lowest BCUT2D eigenvalue weighted by molar-refractivity contribution is 0.0468. The summed E-state index contributed by atoms with van der Waals surface area (Å²) in [4.78, 5) is 35.3. The van der Waals surface area contributed by atoms with Crippen LogP contribution in [0.2, 0.25) is 0 Å². The van der Waals surface area contributed by atoms with Crippen LogP contribution in [-0.2, 0) is 24.2 Å². The van der Waals surface area contributed by atoms with Gasteiger partial charge in [-0.2, -0.15) is 0 Å². The maximum absolute atomic E-state index is 13.1. The van der Waals surface area contributed by atoms with Crippen LogP contribution < -0.4 is 5.56 Å². The van der Waals surface area contributed by atoms with Crippen LogP contribution in [0.1, 0.15) is 45.8 Å². The number of pyridine rings is 1. The SMILES string of the molecule is Cc1csc2nc(COC(=O)c3c4c(nc5ccccc35)CCCC4)cc(=O)n12. The summed E-state index contributed by atoms with van der Waals surface area (Å²) >= 11 is 1.40. The van der Waals surface area contributed by atoms with Crippen molar-refractivity contribution in [2.45, 2.75) is 39.2 Å². The van der Waals surface area contributed by atoms with Crippen LogP contribution >= 0.6 is 11.3 Å². The first-order chi connectivity index (χ1) is 14.1. The summed E-state index contributed by atoms with van der Waals surface area (Å²) in [5, 5.41) is 2.70. The van der Waals surface area contributed by atoms with Crippen molar-refractivity contribution in [2.75, 3.05) is 0 Å². The number of hydrogen-bond donors (Lipinski definition) is 0. The molecule has 6 nitrogen and oxygen atoms in total. The summed E-state index contributed by atoms with van der Waals surface area (Å²) in [5.74, 6) is -0.383. The molecule has 0 radical (unpaired) electrons. The molecule has 7 heteroatoms. The third-order valence-corrected chi connectivity index (χ3v) is 6.30. The molecule has 1 aliphatic carbocycles. The normalized spacial score (nSPS) is 13.6. The second kappa shape index (κ2) is 7.08. The molecule has 0 N–H and O–H groups in total. The monoisotopic (exact) mass is 405 g/mol. The minimum atomic E-state index is -0.383. The van der Waals surface area contributed by atoms with Gasteiger partial charge >= 0.3 is 5.97 Å². The molecule has 29 heavy (non-hydrogen) atoms. The maximum Gasteiger partial charge on any atom is 0.339 e. The van der Waals surface area contributed by atoms with E-state index in [1.54, 1.807) is 4.40 Å². The number of aromatic nitrogens is 3. The van der Waals surface area contributed by atoms with Crippen LogP contribution in [0.5, 0.6) is 0 Å². The zero-order valence-electron chi connectivity index (χ0n) is 16.0. The van der Waals surface area contributed by atoms with Crippen LogP contribution in [0.25, 0.3) is 15.9 Å². The molecule has 3 aromatic heterocycles. The minimum absolute atomic E-state index is 0.0348. The molecule has 0 saturated heterocycles. The van der Waals surface area contributed by atoms with E-state index in [1.807, 2.05) is 36.6 Å². The van der Waals surface area contributed by atoms with Crippen molar-refractivity contribution in [3.63, 3.8) is 0 Å². The number of carbonyl (C=O) groups excluding carboxylic acids is 1. The maximum atomic E-state index is 13.1. The molecule has 146 valence electrons. The average molecular weight is 405 g/mol. The Hall–Kier alpha value is -3.06. The van der Waals surface area contributed by atoms with Crippen LogP contribution in [0.15, 0.2) is 40.5 Å². The van der Waals surface area contributed by atoms with E-state index in [9.17, 15) is 9.59 Å². The molecule has 1 aliphatic rings. The van der Waals surface area contributed by atoms with Crippen LogP contribution in [0.4, 0.5) is 0 Å². The Balaban J connectivity index is 1.50. The Kier molecular flexibility index (Phi) is 4.39. The zero-order chi connectivity index (χ0) is 20.0. The van der Waals surface area contributed by atoms with Gasteiger partial charge in [-0.3, -0.25) is 14.2 Å². The lowest BCUT2D eigenvalue weighted by Gasteiger charge is -2.19. The third-order valence-electron chi connectivity index (χ3n) is 5.35. The standard InChI is InChI=1S/C22H19N3O3S/c1-13-12-29-22-23-14(10-19(26)25(13)22)11-28-21(27)20-15-6-2-4-8-17(15)24-18-9-5-3-7-16(18)20/h2,4,6,8,10,12H,3,5,7,9,11H2,1H3. The number of carbonyl (C=O) groups is 1. The zero-order valence-corrected chi connectivity index (χ0v) is 16.8.